The molecular formula is C25H38NO5P. The van der Waals surface area contributed by atoms with Crippen LogP contribution in [0.3, 0.4) is 0 Å². The number of unbranched alkanes of at least 4 members (excludes halogenated alkanes) is 5. The van der Waals surface area contributed by atoms with E-state index in [0.29, 0.717) is 26.1 Å². The van der Waals surface area contributed by atoms with Gasteiger partial charge in [0.25, 0.3) is 0 Å². The third kappa shape index (κ3) is 9.74. The van der Waals surface area contributed by atoms with Crippen LogP contribution in [0.15, 0.2) is 42.5 Å². The highest BCUT2D eigenvalue weighted by atomic mass is 31.1. The van der Waals surface area contributed by atoms with Crippen LogP contribution < -0.4 is 14.8 Å². The first-order valence-electron chi connectivity index (χ1n) is 11.6. The molecule has 32 heavy (non-hydrogen) atoms. The molecule has 0 aliphatic carbocycles. The molecule has 7 heteroatoms. The second-order valence-electron chi connectivity index (χ2n) is 7.80. The minimum atomic E-state index is -2.85. The Morgan fingerprint density at radius 2 is 1.72 bits per heavy atom. The van der Waals surface area contributed by atoms with E-state index >= 15 is 0 Å². The Hall–Kier alpha value is -1.85. The van der Waals surface area contributed by atoms with E-state index in [1.165, 1.54) is 32.1 Å². The number of hydrogen-bond donors (Lipinski definition) is 2. The van der Waals surface area contributed by atoms with Crippen molar-refractivity contribution in [3.8, 4) is 22.6 Å². The van der Waals surface area contributed by atoms with Gasteiger partial charge in [-0.1, -0.05) is 69.4 Å². The zero-order chi connectivity index (χ0) is 23.0. The Morgan fingerprint density at radius 1 is 0.969 bits per heavy atom. The van der Waals surface area contributed by atoms with E-state index in [9.17, 15) is 4.57 Å². The summed E-state index contributed by atoms with van der Waals surface area (Å²) in [5.41, 5.74) is 3.20. The molecule has 0 saturated carbocycles. The molecule has 0 radical (unpaired) electrons. The van der Waals surface area contributed by atoms with Gasteiger partial charge < -0.3 is 24.2 Å². The molecule has 2 aromatic carbocycles. The Kier molecular flexibility index (Phi) is 13.1. The molecule has 0 heterocycles. The lowest BCUT2D eigenvalue weighted by atomic mass is 10.0. The molecule has 0 aromatic heterocycles. The van der Waals surface area contributed by atoms with Crippen LogP contribution in [0.1, 0.15) is 57.4 Å². The fourth-order valence-electron chi connectivity index (χ4n) is 3.54. The fraction of sp³-hybridized carbons (Fsp3) is 0.520. The van der Waals surface area contributed by atoms with E-state index < -0.39 is 8.25 Å². The van der Waals surface area contributed by atoms with Crippen LogP contribution in [-0.4, -0.2) is 31.8 Å². The van der Waals surface area contributed by atoms with Gasteiger partial charge in [0.2, 0.25) is 0 Å². The van der Waals surface area contributed by atoms with Gasteiger partial charge in [0.1, 0.15) is 0 Å². The van der Waals surface area contributed by atoms with Crippen LogP contribution in [0.4, 0.5) is 0 Å². The molecule has 0 bridgehead atoms. The molecule has 178 valence electrons. The first-order chi connectivity index (χ1) is 15.7. The average molecular weight is 464 g/mol. The van der Waals surface area contributed by atoms with Crippen molar-refractivity contribution in [3.05, 3.63) is 48.0 Å². The van der Waals surface area contributed by atoms with Gasteiger partial charge in [-0.2, -0.15) is 0 Å². The third-order valence-electron chi connectivity index (χ3n) is 5.22. The van der Waals surface area contributed by atoms with Crippen molar-refractivity contribution in [2.24, 2.45) is 0 Å². The SMILES string of the molecule is CCCCCCCCOc1c(OC)cc(CNCCCO[PH](=O)O)cc1-c1ccccc1. The van der Waals surface area contributed by atoms with Crippen molar-refractivity contribution in [3.63, 3.8) is 0 Å². The van der Waals surface area contributed by atoms with Crippen LogP contribution in [-0.2, 0) is 15.6 Å². The highest BCUT2D eigenvalue weighted by molar-refractivity contribution is 7.32. The van der Waals surface area contributed by atoms with Gasteiger partial charge in [0, 0.05) is 12.1 Å². The summed E-state index contributed by atoms with van der Waals surface area (Å²) in [5, 5.41) is 3.35. The summed E-state index contributed by atoms with van der Waals surface area (Å²) in [5.74, 6) is 1.52. The Labute approximate surface area is 193 Å². The fourth-order valence-corrected chi connectivity index (χ4v) is 3.86. The topological polar surface area (TPSA) is 77.0 Å². The minimum absolute atomic E-state index is 0.269. The molecule has 1 atom stereocenters. The largest absolute Gasteiger partial charge is 0.493 e. The summed E-state index contributed by atoms with van der Waals surface area (Å²) in [6.45, 7) is 4.52. The van der Waals surface area contributed by atoms with Crippen LogP contribution in [0.25, 0.3) is 11.1 Å². The number of rotatable bonds is 17. The van der Waals surface area contributed by atoms with Gasteiger partial charge in [0.15, 0.2) is 11.5 Å². The molecule has 2 aromatic rings. The van der Waals surface area contributed by atoms with Gasteiger partial charge in [-0.25, -0.2) is 0 Å². The van der Waals surface area contributed by atoms with E-state index in [0.717, 1.165) is 34.6 Å². The van der Waals surface area contributed by atoms with Gasteiger partial charge in [-0.3, -0.25) is 4.57 Å². The standard InChI is InChI=1S/C25H38NO5P/c1-3-4-5-6-7-11-16-30-25-23(22-13-9-8-10-14-22)18-21(19-24(25)29-2)20-26-15-12-17-31-32(27)28/h8-10,13-14,18-19,26,32H,3-7,11-12,15-17,20H2,1-2H3,(H,27,28). The van der Waals surface area contributed by atoms with Crippen molar-refractivity contribution >= 4 is 8.25 Å². The van der Waals surface area contributed by atoms with E-state index in [-0.39, 0.29) is 6.61 Å². The summed E-state index contributed by atoms with van der Waals surface area (Å²) in [6, 6.07) is 14.4. The molecule has 2 rings (SSSR count). The smallest absolute Gasteiger partial charge is 0.316 e. The number of hydrogen-bond acceptors (Lipinski definition) is 5. The Balaban J connectivity index is 2.04. The maximum absolute atomic E-state index is 10.6. The van der Waals surface area contributed by atoms with E-state index in [4.69, 9.17) is 18.9 Å². The monoisotopic (exact) mass is 463 g/mol. The maximum atomic E-state index is 10.6. The lowest BCUT2D eigenvalue weighted by Gasteiger charge is -2.18. The Morgan fingerprint density at radius 3 is 2.44 bits per heavy atom. The van der Waals surface area contributed by atoms with E-state index in [1.807, 2.05) is 24.3 Å². The summed E-state index contributed by atoms with van der Waals surface area (Å²) >= 11 is 0. The zero-order valence-electron chi connectivity index (χ0n) is 19.4. The summed E-state index contributed by atoms with van der Waals surface area (Å²) < 4.78 is 27.3. The molecule has 0 saturated heterocycles. The molecule has 0 spiro atoms. The van der Waals surface area contributed by atoms with Crippen LogP contribution >= 0.6 is 8.25 Å². The normalized spacial score (nSPS) is 12.0. The lowest BCUT2D eigenvalue weighted by molar-refractivity contribution is 0.276. The van der Waals surface area contributed by atoms with E-state index in [2.05, 4.69) is 30.4 Å². The summed E-state index contributed by atoms with van der Waals surface area (Å²) in [4.78, 5) is 8.71. The lowest BCUT2D eigenvalue weighted by Crippen LogP contribution is -2.16. The Bertz CT molecular complexity index is 800. The van der Waals surface area contributed by atoms with Gasteiger partial charge >= 0.3 is 8.25 Å². The van der Waals surface area contributed by atoms with Crippen LogP contribution in [0, 0.1) is 0 Å². The number of benzene rings is 2. The third-order valence-corrected chi connectivity index (χ3v) is 5.67. The number of ether oxygens (including phenoxy) is 2. The molecule has 0 fully saturated rings. The second kappa shape index (κ2) is 15.9. The summed E-state index contributed by atoms with van der Waals surface area (Å²) in [7, 11) is -1.17. The first kappa shape index (κ1) is 26.4. The van der Waals surface area contributed by atoms with Gasteiger partial charge in [-0.05, 0) is 42.6 Å². The number of nitrogens with one attached hydrogen (secondary N) is 1. The first-order valence-corrected chi connectivity index (χ1v) is 12.9. The summed E-state index contributed by atoms with van der Waals surface area (Å²) in [6.07, 6.45) is 7.99. The molecular weight excluding hydrogens is 425 g/mol. The molecule has 0 amide bonds. The predicted molar refractivity (Wildman–Crippen MR) is 131 cm³/mol. The zero-order valence-corrected chi connectivity index (χ0v) is 20.4. The second-order valence-corrected chi connectivity index (χ2v) is 8.62. The molecule has 6 nitrogen and oxygen atoms in total. The van der Waals surface area contributed by atoms with Crippen molar-refractivity contribution in [1.82, 2.24) is 5.32 Å². The van der Waals surface area contributed by atoms with Crippen LogP contribution in [0.2, 0.25) is 0 Å². The van der Waals surface area contributed by atoms with Crippen molar-refractivity contribution in [1.29, 1.82) is 0 Å². The number of methoxy groups -OCH3 is 1. The van der Waals surface area contributed by atoms with Gasteiger partial charge in [-0.15, -0.1) is 0 Å². The van der Waals surface area contributed by atoms with Gasteiger partial charge in [0.05, 0.1) is 20.3 Å². The van der Waals surface area contributed by atoms with E-state index in [1.54, 1.807) is 7.11 Å². The highest BCUT2D eigenvalue weighted by Crippen LogP contribution is 2.39. The van der Waals surface area contributed by atoms with Crippen molar-refractivity contribution in [2.45, 2.75) is 58.4 Å². The average Bonchev–Trinajstić information content (AvgIpc) is 2.81. The van der Waals surface area contributed by atoms with Crippen LogP contribution in [0.5, 0.6) is 11.5 Å². The molecule has 1 unspecified atom stereocenters. The minimum Gasteiger partial charge on any atom is -0.493 e. The molecule has 0 aliphatic heterocycles. The predicted octanol–water partition coefficient (Wildman–Crippen LogP) is 5.98. The highest BCUT2D eigenvalue weighted by Gasteiger charge is 2.15. The van der Waals surface area contributed by atoms with Crippen molar-refractivity contribution < 1.29 is 23.5 Å². The molecule has 0 aliphatic rings. The molecule has 2 N–H and O–H groups in total. The van der Waals surface area contributed by atoms with Crippen molar-refractivity contribution in [2.75, 3.05) is 26.9 Å². The maximum Gasteiger partial charge on any atom is 0.316 e. The quantitative estimate of drug-likeness (QED) is 0.222.